The number of para-hydroxylation sites is 1. The van der Waals surface area contributed by atoms with Crippen LogP contribution in [0.25, 0.3) is 5.78 Å². The smallest absolute Gasteiger partial charge is 0.253 e. The van der Waals surface area contributed by atoms with E-state index in [9.17, 15) is 4.79 Å². The molecule has 1 N–H and O–H groups in total. The molecule has 2 aromatic carbocycles. The van der Waals surface area contributed by atoms with Crippen molar-refractivity contribution in [1.82, 2.24) is 19.6 Å². The summed E-state index contributed by atoms with van der Waals surface area (Å²) in [5, 5.41) is 8.88. The van der Waals surface area contributed by atoms with Crippen molar-refractivity contribution in [1.29, 1.82) is 0 Å². The third-order valence-electron chi connectivity index (χ3n) is 4.50. The average molecular weight is 424 g/mol. The summed E-state index contributed by atoms with van der Waals surface area (Å²) in [6.45, 7) is 3.96. The van der Waals surface area contributed by atoms with Crippen molar-refractivity contribution < 1.29 is 4.79 Å². The van der Waals surface area contributed by atoms with E-state index >= 15 is 0 Å². The molecule has 2 aromatic heterocycles. The number of aromatic nitrogens is 4. The Labute approximate surface area is 177 Å². The molecular weight excluding hydrogens is 406 g/mol. The topological polar surface area (TPSA) is 72.2 Å². The minimum atomic E-state index is -0.0890. The van der Waals surface area contributed by atoms with E-state index in [4.69, 9.17) is 11.6 Å². The standard InChI is InChI=1S/C21H18ClN5OS/c1-13-14(2)25-21-23-12-24-27(21)20(13)29-18-6-4-3-5-17(18)26-19(28)11-15-7-9-16(22)10-8-15/h3-10,12H,11H2,1-2H3,(H,26,28). The summed E-state index contributed by atoms with van der Waals surface area (Å²) >= 11 is 7.44. The van der Waals surface area contributed by atoms with Gasteiger partial charge in [0.05, 0.1) is 12.1 Å². The van der Waals surface area contributed by atoms with Crippen LogP contribution in [0.15, 0.2) is 64.8 Å². The van der Waals surface area contributed by atoms with Gasteiger partial charge in [-0.2, -0.15) is 14.6 Å². The highest BCUT2D eigenvalue weighted by molar-refractivity contribution is 7.99. The summed E-state index contributed by atoms with van der Waals surface area (Å²) in [4.78, 5) is 22.1. The maximum atomic E-state index is 12.6. The molecule has 4 aromatic rings. The molecule has 0 radical (unpaired) electrons. The molecule has 1 amide bonds. The molecule has 0 saturated heterocycles. The second-order valence-corrected chi connectivity index (χ2v) is 8.02. The summed E-state index contributed by atoms with van der Waals surface area (Å²) < 4.78 is 1.72. The molecule has 6 nitrogen and oxygen atoms in total. The third-order valence-corrected chi connectivity index (χ3v) is 6.00. The molecule has 0 aliphatic rings. The van der Waals surface area contributed by atoms with E-state index in [2.05, 4.69) is 20.4 Å². The third kappa shape index (κ3) is 4.26. The lowest BCUT2D eigenvalue weighted by Crippen LogP contribution is -2.15. The van der Waals surface area contributed by atoms with Crippen molar-refractivity contribution in [2.45, 2.75) is 30.2 Å². The second kappa shape index (κ2) is 8.23. The highest BCUT2D eigenvalue weighted by Gasteiger charge is 2.15. The van der Waals surface area contributed by atoms with Crippen LogP contribution in [0.5, 0.6) is 0 Å². The zero-order chi connectivity index (χ0) is 20.4. The van der Waals surface area contributed by atoms with Gasteiger partial charge >= 0.3 is 0 Å². The van der Waals surface area contributed by atoms with Crippen molar-refractivity contribution in [3.8, 4) is 0 Å². The summed E-state index contributed by atoms with van der Waals surface area (Å²) in [5.74, 6) is 0.466. The summed E-state index contributed by atoms with van der Waals surface area (Å²) in [5.41, 5.74) is 3.58. The van der Waals surface area contributed by atoms with Gasteiger partial charge in [-0.05, 0) is 43.7 Å². The van der Waals surface area contributed by atoms with E-state index in [1.54, 1.807) is 16.6 Å². The highest BCUT2D eigenvalue weighted by Crippen LogP contribution is 2.35. The zero-order valence-electron chi connectivity index (χ0n) is 15.9. The molecule has 29 heavy (non-hydrogen) atoms. The maximum absolute atomic E-state index is 12.6. The minimum absolute atomic E-state index is 0.0890. The molecule has 0 aliphatic heterocycles. The van der Waals surface area contributed by atoms with E-state index < -0.39 is 0 Å². The monoisotopic (exact) mass is 423 g/mol. The predicted molar refractivity (Wildman–Crippen MR) is 115 cm³/mol. The van der Waals surface area contributed by atoms with E-state index in [0.29, 0.717) is 10.8 Å². The van der Waals surface area contributed by atoms with E-state index in [1.165, 1.54) is 18.1 Å². The molecule has 2 heterocycles. The van der Waals surface area contributed by atoms with Gasteiger partial charge in [0.1, 0.15) is 11.4 Å². The Hall–Kier alpha value is -2.90. The Kier molecular flexibility index (Phi) is 5.51. The number of rotatable bonds is 5. The summed E-state index contributed by atoms with van der Waals surface area (Å²) in [6, 6.07) is 15.0. The molecule has 0 fully saturated rings. The quantitative estimate of drug-likeness (QED) is 0.470. The highest BCUT2D eigenvalue weighted by atomic mass is 35.5. The van der Waals surface area contributed by atoms with Crippen LogP contribution in [0, 0.1) is 13.8 Å². The molecule has 0 atom stereocenters. The van der Waals surface area contributed by atoms with Crippen LogP contribution in [-0.4, -0.2) is 25.5 Å². The Balaban J connectivity index is 1.59. The number of halogens is 1. The fourth-order valence-corrected chi connectivity index (χ4v) is 4.09. The Bertz CT molecular complexity index is 1190. The molecule has 0 saturated carbocycles. The molecule has 8 heteroatoms. The predicted octanol–water partition coefficient (Wildman–Crippen LogP) is 4.73. The Morgan fingerprint density at radius 2 is 1.90 bits per heavy atom. The van der Waals surface area contributed by atoms with Crippen LogP contribution in [0.1, 0.15) is 16.8 Å². The number of fused-ring (bicyclic) bond motifs is 1. The first-order valence-corrected chi connectivity index (χ1v) is 10.2. The van der Waals surface area contributed by atoms with E-state index in [-0.39, 0.29) is 12.3 Å². The summed E-state index contributed by atoms with van der Waals surface area (Å²) in [7, 11) is 0. The van der Waals surface area contributed by atoms with E-state index in [1.807, 2.05) is 50.2 Å². The minimum Gasteiger partial charge on any atom is -0.325 e. The number of nitrogens with zero attached hydrogens (tertiary/aromatic N) is 4. The number of nitrogens with one attached hydrogen (secondary N) is 1. The summed E-state index contributed by atoms with van der Waals surface area (Å²) in [6.07, 6.45) is 1.77. The van der Waals surface area contributed by atoms with Crippen molar-refractivity contribution in [2.24, 2.45) is 0 Å². The van der Waals surface area contributed by atoms with Crippen LogP contribution >= 0.6 is 23.4 Å². The number of hydrogen-bond acceptors (Lipinski definition) is 5. The number of aryl methyl sites for hydroxylation is 1. The SMILES string of the molecule is Cc1nc2ncnn2c(Sc2ccccc2NC(=O)Cc2ccc(Cl)cc2)c1C. The van der Waals surface area contributed by atoms with Gasteiger partial charge in [0.15, 0.2) is 0 Å². The van der Waals surface area contributed by atoms with Crippen LogP contribution in [0.3, 0.4) is 0 Å². The average Bonchev–Trinajstić information content (AvgIpc) is 3.16. The van der Waals surface area contributed by atoms with Crippen molar-refractivity contribution in [2.75, 3.05) is 5.32 Å². The van der Waals surface area contributed by atoms with Crippen molar-refractivity contribution >= 4 is 40.7 Å². The lowest BCUT2D eigenvalue weighted by Gasteiger charge is -2.13. The maximum Gasteiger partial charge on any atom is 0.253 e. The molecule has 0 unspecified atom stereocenters. The van der Waals surface area contributed by atoms with Crippen molar-refractivity contribution in [3.05, 3.63) is 76.7 Å². The van der Waals surface area contributed by atoms with Crippen molar-refractivity contribution in [3.63, 3.8) is 0 Å². The number of benzene rings is 2. The number of carbonyl (C=O) groups is 1. The van der Waals surface area contributed by atoms with Gasteiger partial charge in [-0.1, -0.05) is 47.6 Å². The first-order valence-electron chi connectivity index (χ1n) is 8.99. The normalized spacial score (nSPS) is 11.0. The van der Waals surface area contributed by atoms with Gasteiger partial charge in [0, 0.05) is 21.2 Å². The molecule has 146 valence electrons. The van der Waals surface area contributed by atoms with Crippen LogP contribution in [0.4, 0.5) is 5.69 Å². The largest absolute Gasteiger partial charge is 0.325 e. The van der Waals surface area contributed by atoms with Gasteiger partial charge < -0.3 is 5.32 Å². The van der Waals surface area contributed by atoms with Crippen LogP contribution in [-0.2, 0) is 11.2 Å². The first kappa shape index (κ1) is 19.4. The molecule has 0 bridgehead atoms. The Morgan fingerprint density at radius 1 is 1.14 bits per heavy atom. The molecule has 0 aliphatic carbocycles. The number of carbonyl (C=O) groups excluding carboxylic acids is 1. The second-order valence-electron chi connectivity index (χ2n) is 6.55. The number of hydrogen-bond donors (Lipinski definition) is 1. The van der Waals surface area contributed by atoms with Gasteiger partial charge in [0.2, 0.25) is 5.91 Å². The van der Waals surface area contributed by atoms with Gasteiger partial charge in [0.25, 0.3) is 5.78 Å². The molecular formula is C21H18ClN5OS. The van der Waals surface area contributed by atoms with Crippen LogP contribution < -0.4 is 5.32 Å². The fourth-order valence-electron chi connectivity index (χ4n) is 2.87. The fraction of sp³-hybridized carbons (Fsp3) is 0.143. The lowest BCUT2D eigenvalue weighted by atomic mass is 10.1. The lowest BCUT2D eigenvalue weighted by molar-refractivity contribution is -0.115. The first-order chi connectivity index (χ1) is 14.0. The molecule has 4 rings (SSSR count). The van der Waals surface area contributed by atoms with Crippen LogP contribution in [0.2, 0.25) is 5.02 Å². The molecule has 0 spiro atoms. The van der Waals surface area contributed by atoms with E-state index in [0.717, 1.165) is 32.4 Å². The van der Waals surface area contributed by atoms with Gasteiger partial charge in [-0.15, -0.1) is 0 Å². The van der Waals surface area contributed by atoms with Gasteiger partial charge in [-0.25, -0.2) is 4.98 Å². The Morgan fingerprint density at radius 3 is 2.69 bits per heavy atom. The van der Waals surface area contributed by atoms with Gasteiger partial charge in [-0.3, -0.25) is 4.79 Å². The number of amides is 1. The zero-order valence-corrected chi connectivity index (χ0v) is 17.5. The number of anilines is 1.